The summed E-state index contributed by atoms with van der Waals surface area (Å²) in [6.07, 6.45) is 3.22. The Hall–Kier alpha value is -3.03. The van der Waals surface area contributed by atoms with E-state index in [2.05, 4.69) is 30.7 Å². The van der Waals surface area contributed by atoms with E-state index in [0.29, 0.717) is 17.3 Å². The van der Waals surface area contributed by atoms with E-state index < -0.39 is 0 Å². The van der Waals surface area contributed by atoms with Crippen LogP contribution < -0.4 is 10.6 Å². The second-order valence-corrected chi connectivity index (χ2v) is 4.72. The van der Waals surface area contributed by atoms with Gasteiger partial charge in [-0.15, -0.1) is 0 Å². The summed E-state index contributed by atoms with van der Waals surface area (Å²) in [6.45, 7) is 2.07. The number of anilines is 2. The van der Waals surface area contributed by atoms with Crippen LogP contribution in [0.15, 0.2) is 30.6 Å². The Labute approximate surface area is 126 Å². The van der Waals surface area contributed by atoms with Crippen LogP contribution in [0.4, 0.5) is 11.6 Å². The number of aromatic nitrogens is 5. The lowest BCUT2D eigenvalue weighted by atomic mass is 10.4. The number of hydrogen-bond donors (Lipinski definition) is 2. The minimum Gasteiger partial charge on any atom is -0.358 e. The van der Waals surface area contributed by atoms with Gasteiger partial charge in [0, 0.05) is 31.2 Å². The van der Waals surface area contributed by atoms with Gasteiger partial charge in [0.25, 0.3) is 0 Å². The predicted molar refractivity (Wildman–Crippen MR) is 81.6 cm³/mol. The van der Waals surface area contributed by atoms with Crippen LogP contribution in [0, 0.1) is 6.92 Å². The molecule has 8 heteroatoms. The lowest BCUT2D eigenvalue weighted by Gasteiger charge is -2.03. The van der Waals surface area contributed by atoms with Crippen LogP contribution in [-0.2, 0) is 11.3 Å². The van der Waals surface area contributed by atoms with E-state index >= 15 is 0 Å². The number of nitrogens with zero attached hydrogens (tertiary/aromatic N) is 5. The third kappa shape index (κ3) is 2.85. The molecule has 8 nitrogen and oxygen atoms in total. The molecule has 0 spiro atoms. The summed E-state index contributed by atoms with van der Waals surface area (Å²) in [6, 6.07) is 5.50. The highest BCUT2D eigenvalue weighted by Crippen LogP contribution is 2.16. The zero-order chi connectivity index (χ0) is 15.5. The van der Waals surface area contributed by atoms with E-state index in [4.69, 9.17) is 0 Å². The number of nitrogens with one attached hydrogen (secondary N) is 2. The molecule has 0 aromatic carbocycles. The van der Waals surface area contributed by atoms with Crippen LogP contribution in [0.1, 0.15) is 5.69 Å². The van der Waals surface area contributed by atoms with Crippen LogP contribution in [-0.4, -0.2) is 37.7 Å². The van der Waals surface area contributed by atoms with Gasteiger partial charge in [-0.1, -0.05) is 0 Å². The van der Waals surface area contributed by atoms with Gasteiger partial charge in [0.1, 0.15) is 17.9 Å². The Morgan fingerprint density at radius 1 is 1.23 bits per heavy atom. The predicted octanol–water partition coefficient (Wildman–Crippen LogP) is 1.02. The molecule has 3 aromatic heterocycles. The van der Waals surface area contributed by atoms with Crippen molar-refractivity contribution in [2.75, 3.05) is 12.4 Å². The van der Waals surface area contributed by atoms with Crippen molar-refractivity contribution in [2.45, 2.75) is 13.5 Å². The Kier molecular flexibility index (Phi) is 3.65. The molecule has 0 aliphatic carbocycles. The topological polar surface area (TPSA) is 97.6 Å². The fraction of sp³-hybridized carbons (Fsp3) is 0.214. The Balaban J connectivity index is 1.82. The quantitative estimate of drug-likeness (QED) is 0.746. The smallest absolute Gasteiger partial charge is 0.241 e. The standard InChI is InChI=1S/C14H15N7O/c1-9-7-12(20-21(9)8-13(22)15-2)18-11-4-3-10-14(19-11)17-6-5-16-10/h3-7H,8H2,1-2H3,(H,15,22)(H,17,18,19,20). The highest BCUT2D eigenvalue weighted by molar-refractivity contribution is 5.75. The van der Waals surface area contributed by atoms with Gasteiger partial charge in [-0.05, 0) is 19.1 Å². The first-order valence-electron chi connectivity index (χ1n) is 6.75. The Morgan fingerprint density at radius 3 is 2.86 bits per heavy atom. The molecule has 3 heterocycles. The zero-order valence-electron chi connectivity index (χ0n) is 12.2. The average Bonchev–Trinajstić information content (AvgIpc) is 2.86. The molecule has 1 amide bonds. The maximum Gasteiger partial charge on any atom is 0.241 e. The molecule has 3 aromatic rings. The summed E-state index contributed by atoms with van der Waals surface area (Å²) >= 11 is 0. The lowest BCUT2D eigenvalue weighted by molar-refractivity contribution is -0.121. The molecular weight excluding hydrogens is 282 g/mol. The van der Waals surface area contributed by atoms with Gasteiger partial charge in [-0.2, -0.15) is 5.10 Å². The number of amides is 1. The minimum atomic E-state index is -0.100. The van der Waals surface area contributed by atoms with Crippen molar-refractivity contribution in [3.8, 4) is 0 Å². The molecule has 112 valence electrons. The molecule has 0 atom stereocenters. The SMILES string of the molecule is CNC(=O)Cn1nc(Nc2ccc3nccnc3n2)cc1C. The van der Waals surface area contributed by atoms with Crippen molar-refractivity contribution >= 4 is 28.7 Å². The maximum absolute atomic E-state index is 11.4. The van der Waals surface area contributed by atoms with Gasteiger partial charge in [-0.3, -0.25) is 14.5 Å². The second kappa shape index (κ2) is 5.76. The summed E-state index contributed by atoms with van der Waals surface area (Å²) < 4.78 is 1.63. The van der Waals surface area contributed by atoms with Gasteiger partial charge in [-0.25, -0.2) is 9.97 Å². The van der Waals surface area contributed by atoms with Crippen molar-refractivity contribution in [3.63, 3.8) is 0 Å². The van der Waals surface area contributed by atoms with Crippen LogP contribution in [0.3, 0.4) is 0 Å². The third-order valence-electron chi connectivity index (χ3n) is 3.14. The molecule has 0 saturated carbocycles. The van der Waals surface area contributed by atoms with Crippen LogP contribution >= 0.6 is 0 Å². The summed E-state index contributed by atoms with van der Waals surface area (Å²) in [4.78, 5) is 24.1. The number of hydrogen-bond acceptors (Lipinski definition) is 6. The molecular formula is C14H15N7O. The summed E-state index contributed by atoms with van der Waals surface area (Å²) in [5.74, 6) is 1.14. The van der Waals surface area contributed by atoms with Gasteiger partial charge in [0.05, 0.1) is 0 Å². The molecule has 0 fully saturated rings. The van der Waals surface area contributed by atoms with Crippen molar-refractivity contribution in [3.05, 3.63) is 36.3 Å². The first kappa shape index (κ1) is 13.9. The maximum atomic E-state index is 11.4. The van der Waals surface area contributed by atoms with E-state index in [9.17, 15) is 4.79 Å². The molecule has 0 unspecified atom stereocenters. The largest absolute Gasteiger partial charge is 0.358 e. The molecule has 22 heavy (non-hydrogen) atoms. The van der Waals surface area contributed by atoms with Crippen LogP contribution in [0.2, 0.25) is 0 Å². The highest BCUT2D eigenvalue weighted by atomic mass is 16.1. The van der Waals surface area contributed by atoms with Crippen molar-refractivity contribution < 1.29 is 4.79 Å². The van der Waals surface area contributed by atoms with E-state index in [-0.39, 0.29) is 12.5 Å². The average molecular weight is 297 g/mol. The summed E-state index contributed by atoms with van der Waals surface area (Å²) in [5, 5.41) is 10.0. The molecule has 0 aliphatic heterocycles. The molecule has 0 aliphatic rings. The first-order valence-corrected chi connectivity index (χ1v) is 6.75. The van der Waals surface area contributed by atoms with Crippen molar-refractivity contribution in [2.24, 2.45) is 0 Å². The van der Waals surface area contributed by atoms with Gasteiger partial charge < -0.3 is 10.6 Å². The number of pyridine rings is 1. The molecule has 0 saturated heterocycles. The fourth-order valence-electron chi connectivity index (χ4n) is 2.00. The summed E-state index contributed by atoms with van der Waals surface area (Å²) in [5.41, 5.74) is 2.18. The fourth-order valence-corrected chi connectivity index (χ4v) is 2.00. The highest BCUT2D eigenvalue weighted by Gasteiger charge is 2.08. The van der Waals surface area contributed by atoms with Gasteiger partial charge in [0.15, 0.2) is 11.5 Å². The van der Waals surface area contributed by atoms with Crippen molar-refractivity contribution in [1.29, 1.82) is 0 Å². The molecule has 0 bridgehead atoms. The first-order chi connectivity index (χ1) is 10.7. The number of likely N-dealkylation sites (N-methyl/N-ethyl adjacent to an activating group) is 1. The van der Waals surface area contributed by atoms with Gasteiger partial charge in [0.2, 0.25) is 5.91 Å². The van der Waals surface area contributed by atoms with E-state index in [0.717, 1.165) is 11.2 Å². The Morgan fingerprint density at radius 2 is 2.05 bits per heavy atom. The van der Waals surface area contributed by atoms with E-state index in [1.807, 2.05) is 25.1 Å². The third-order valence-corrected chi connectivity index (χ3v) is 3.14. The normalized spacial score (nSPS) is 10.6. The molecule has 3 rings (SSSR count). The van der Waals surface area contributed by atoms with Crippen molar-refractivity contribution in [1.82, 2.24) is 30.0 Å². The number of rotatable bonds is 4. The monoisotopic (exact) mass is 297 g/mol. The number of carbonyl (C=O) groups is 1. The lowest BCUT2D eigenvalue weighted by Crippen LogP contribution is -2.24. The molecule has 0 radical (unpaired) electrons. The number of fused-ring (bicyclic) bond motifs is 1. The van der Waals surface area contributed by atoms with Gasteiger partial charge >= 0.3 is 0 Å². The second-order valence-electron chi connectivity index (χ2n) is 4.72. The van der Waals surface area contributed by atoms with Crippen LogP contribution in [0.5, 0.6) is 0 Å². The summed E-state index contributed by atoms with van der Waals surface area (Å²) in [7, 11) is 1.60. The van der Waals surface area contributed by atoms with Crippen LogP contribution in [0.25, 0.3) is 11.2 Å². The van der Waals surface area contributed by atoms with E-state index in [1.165, 1.54) is 0 Å². The Bertz CT molecular complexity index is 827. The molecule has 2 N–H and O–H groups in total. The number of carbonyl (C=O) groups excluding carboxylic acids is 1. The number of aryl methyl sites for hydroxylation is 1. The van der Waals surface area contributed by atoms with E-state index in [1.54, 1.807) is 24.1 Å². The zero-order valence-corrected chi connectivity index (χ0v) is 12.2. The minimum absolute atomic E-state index is 0.100.